The highest BCUT2D eigenvalue weighted by Crippen LogP contribution is 2.34. The van der Waals surface area contributed by atoms with Gasteiger partial charge < -0.3 is 4.74 Å². The van der Waals surface area contributed by atoms with Crippen LogP contribution in [0.15, 0.2) is 18.3 Å². The largest absolute Gasteiger partial charge is 0.493 e. The summed E-state index contributed by atoms with van der Waals surface area (Å²) in [5.41, 5.74) is 4.98. The van der Waals surface area contributed by atoms with Gasteiger partial charge in [0.2, 0.25) is 0 Å². The van der Waals surface area contributed by atoms with Crippen LogP contribution in [-0.2, 0) is 6.42 Å². The Morgan fingerprint density at radius 1 is 1.33 bits per heavy atom. The van der Waals surface area contributed by atoms with Crippen LogP contribution in [0, 0.1) is 13.8 Å². The van der Waals surface area contributed by atoms with Gasteiger partial charge in [-0.2, -0.15) is 0 Å². The fourth-order valence-corrected chi connectivity index (χ4v) is 2.22. The van der Waals surface area contributed by atoms with Crippen molar-refractivity contribution in [3.8, 4) is 5.75 Å². The Labute approximate surface area is 88.9 Å². The normalized spacial score (nSPS) is 14.0. The lowest BCUT2D eigenvalue weighted by molar-refractivity contribution is 0.318. The number of hydrogen-bond acceptors (Lipinski definition) is 2. The number of benzene rings is 1. The lowest BCUT2D eigenvalue weighted by Crippen LogP contribution is -2.09. The fourth-order valence-electron chi connectivity index (χ4n) is 2.22. The summed E-state index contributed by atoms with van der Waals surface area (Å²) in [7, 11) is 0. The summed E-state index contributed by atoms with van der Waals surface area (Å²) in [6.07, 6.45) is 2.90. The average Bonchev–Trinajstić information content (AvgIpc) is 2.26. The first-order valence-corrected chi connectivity index (χ1v) is 5.28. The smallest absolute Gasteiger partial charge is 0.129 e. The molecule has 0 bridgehead atoms. The van der Waals surface area contributed by atoms with Gasteiger partial charge in [-0.05, 0) is 42.7 Å². The minimum absolute atomic E-state index is 0.786. The summed E-state index contributed by atoms with van der Waals surface area (Å²) in [4.78, 5) is 4.46. The van der Waals surface area contributed by atoms with E-state index in [1.165, 1.54) is 22.1 Å². The van der Waals surface area contributed by atoms with Crippen molar-refractivity contribution in [2.24, 2.45) is 0 Å². The molecular weight excluding hydrogens is 186 g/mol. The lowest BCUT2D eigenvalue weighted by atomic mass is 9.98. The van der Waals surface area contributed by atoms with E-state index in [2.05, 4.69) is 31.0 Å². The SMILES string of the molecule is Cc1cc2c3c(ccnc3c1C)CCO2. The zero-order valence-electron chi connectivity index (χ0n) is 9.00. The van der Waals surface area contributed by atoms with Gasteiger partial charge in [0.1, 0.15) is 5.75 Å². The monoisotopic (exact) mass is 199 g/mol. The van der Waals surface area contributed by atoms with Crippen molar-refractivity contribution in [3.05, 3.63) is 35.0 Å². The Morgan fingerprint density at radius 3 is 3.07 bits per heavy atom. The highest BCUT2D eigenvalue weighted by atomic mass is 16.5. The maximum atomic E-state index is 5.69. The van der Waals surface area contributed by atoms with Crippen LogP contribution in [0.25, 0.3) is 10.9 Å². The molecule has 1 aromatic carbocycles. The van der Waals surface area contributed by atoms with E-state index in [1.807, 2.05) is 6.20 Å². The second-order valence-corrected chi connectivity index (χ2v) is 4.11. The summed E-state index contributed by atoms with van der Waals surface area (Å²) >= 11 is 0. The number of aryl methyl sites for hydroxylation is 2. The summed E-state index contributed by atoms with van der Waals surface area (Å²) < 4.78 is 5.69. The number of rotatable bonds is 0. The quantitative estimate of drug-likeness (QED) is 0.651. The molecule has 2 heteroatoms. The van der Waals surface area contributed by atoms with Crippen molar-refractivity contribution in [1.82, 2.24) is 4.98 Å². The number of aromatic nitrogens is 1. The van der Waals surface area contributed by atoms with Gasteiger partial charge in [-0.3, -0.25) is 4.98 Å². The standard InChI is InChI=1S/C13H13NO/c1-8-7-11-12-10(4-6-15-11)3-5-14-13(12)9(8)2/h3,5,7H,4,6H2,1-2H3. The topological polar surface area (TPSA) is 22.1 Å². The van der Waals surface area contributed by atoms with Crippen molar-refractivity contribution in [2.75, 3.05) is 6.61 Å². The van der Waals surface area contributed by atoms with Crippen LogP contribution < -0.4 is 4.74 Å². The minimum Gasteiger partial charge on any atom is -0.493 e. The summed E-state index contributed by atoms with van der Waals surface area (Å²) in [5, 5.41) is 1.21. The molecule has 0 N–H and O–H groups in total. The predicted molar refractivity (Wildman–Crippen MR) is 60.4 cm³/mol. The minimum atomic E-state index is 0.786. The molecule has 0 spiro atoms. The third-order valence-corrected chi connectivity index (χ3v) is 3.21. The lowest BCUT2D eigenvalue weighted by Gasteiger charge is -2.19. The predicted octanol–water partition coefficient (Wildman–Crippen LogP) is 2.79. The summed E-state index contributed by atoms with van der Waals surface area (Å²) in [5.74, 6) is 1.00. The first-order chi connectivity index (χ1) is 7.27. The van der Waals surface area contributed by atoms with E-state index in [0.717, 1.165) is 24.3 Å². The van der Waals surface area contributed by atoms with E-state index >= 15 is 0 Å². The van der Waals surface area contributed by atoms with Gasteiger partial charge in [0.05, 0.1) is 12.1 Å². The Morgan fingerprint density at radius 2 is 2.20 bits per heavy atom. The van der Waals surface area contributed by atoms with Gasteiger partial charge >= 0.3 is 0 Å². The van der Waals surface area contributed by atoms with Gasteiger partial charge in [0, 0.05) is 18.0 Å². The zero-order valence-corrected chi connectivity index (χ0v) is 9.00. The molecule has 0 radical (unpaired) electrons. The molecule has 2 nitrogen and oxygen atoms in total. The number of nitrogens with zero attached hydrogens (tertiary/aromatic N) is 1. The van der Waals surface area contributed by atoms with Gasteiger partial charge in [-0.25, -0.2) is 0 Å². The highest BCUT2D eigenvalue weighted by molar-refractivity contribution is 5.92. The van der Waals surface area contributed by atoms with E-state index in [4.69, 9.17) is 4.74 Å². The van der Waals surface area contributed by atoms with Crippen LogP contribution in [0.2, 0.25) is 0 Å². The maximum absolute atomic E-state index is 5.69. The van der Waals surface area contributed by atoms with Crippen molar-refractivity contribution in [1.29, 1.82) is 0 Å². The van der Waals surface area contributed by atoms with Crippen LogP contribution in [0.5, 0.6) is 5.75 Å². The summed E-state index contributed by atoms with van der Waals surface area (Å²) in [6, 6.07) is 4.23. The molecule has 15 heavy (non-hydrogen) atoms. The molecule has 0 atom stereocenters. The fraction of sp³-hybridized carbons (Fsp3) is 0.308. The number of pyridine rings is 1. The van der Waals surface area contributed by atoms with Gasteiger partial charge in [-0.15, -0.1) is 0 Å². The second kappa shape index (κ2) is 2.96. The van der Waals surface area contributed by atoms with Crippen LogP contribution in [0.4, 0.5) is 0 Å². The van der Waals surface area contributed by atoms with Gasteiger partial charge in [-0.1, -0.05) is 0 Å². The zero-order chi connectivity index (χ0) is 10.4. The van der Waals surface area contributed by atoms with E-state index < -0.39 is 0 Å². The molecule has 1 aliphatic rings. The second-order valence-electron chi connectivity index (χ2n) is 4.11. The summed E-state index contributed by atoms with van der Waals surface area (Å²) in [6.45, 7) is 5.02. The molecule has 1 aliphatic heterocycles. The van der Waals surface area contributed by atoms with E-state index in [1.54, 1.807) is 0 Å². The van der Waals surface area contributed by atoms with Crippen molar-refractivity contribution in [2.45, 2.75) is 20.3 Å². The Kier molecular flexibility index (Phi) is 1.72. The third-order valence-electron chi connectivity index (χ3n) is 3.21. The molecule has 0 aliphatic carbocycles. The molecule has 0 fully saturated rings. The van der Waals surface area contributed by atoms with Crippen molar-refractivity contribution < 1.29 is 4.74 Å². The van der Waals surface area contributed by atoms with Crippen LogP contribution in [0.1, 0.15) is 16.7 Å². The van der Waals surface area contributed by atoms with E-state index in [0.29, 0.717) is 0 Å². The maximum Gasteiger partial charge on any atom is 0.129 e. The van der Waals surface area contributed by atoms with Gasteiger partial charge in [0.15, 0.2) is 0 Å². The average molecular weight is 199 g/mol. The van der Waals surface area contributed by atoms with Crippen LogP contribution in [-0.4, -0.2) is 11.6 Å². The molecule has 0 saturated heterocycles. The highest BCUT2D eigenvalue weighted by Gasteiger charge is 2.16. The molecule has 76 valence electrons. The molecule has 0 unspecified atom stereocenters. The number of ether oxygens (including phenoxy) is 1. The first-order valence-electron chi connectivity index (χ1n) is 5.28. The van der Waals surface area contributed by atoms with Crippen molar-refractivity contribution >= 4 is 10.9 Å². The van der Waals surface area contributed by atoms with Crippen LogP contribution in [0.3, 0.4) is 0 Å². The van der Waals surface area contributed by atoms with Crippen molar-refractivity contribution in [3.63, 3.8) is 0 Å². The molecule has 2 aromatic rings. The third kappa shape index (κ3) is 1.14. The van der Waals surface area contributed by atoms with E-state index in [9.17, 15) is 0 Å². The molecule has 2 heterocycles. The Balaban J connectivity index is 2.52. The molecule has 0 saturated carbocycles. The van der Waals surface area contributed by atoms with E-state index in [-0.39, 0.29) is 0 Å². The Bertz CT molecular complexity index is 546. The number of hydrogen-bond donors (Lipinski definition) is 0. The molecule has 1 aromatic heterocycles. The first kappa shape index (κ1) is 8.72. The van der Waals surface area contributed by atoms with Crippen LogP contribution >= 0.6 is 0 Å². The molecular formula is C13H13NO. The molecule has 0 amide bonds. The van der Waals surface area contributed by atoms with Gasteiger partial charge in [0.25, 0.3) is 0 Å². The molecule has 3 rings (SSSR count). The Hall–Kier alpha value is -1.57.